The lowest BCUT2D eigenvalue weighted by Crippen LogP contribution is -1.93. The fraction of sp³-hybridized carbons (Fsp3) is 0.400. The molecule has 0 fully saturated rings. The van der Waals surface area contributed by atoms with E-state index in [-0.39, 0.29) is 0 Å². The van der Waals surface area contributed by atoms with E-state index in [0.29, 0.717) is 0 Å². The van der Waals surface area contributed by atoms with Crippen LogP contribution in [-0.4, -0.2) is 14.8 Å². The predicted octanol–water partition coefficient (Wildman–Crippen LogP) is 1.89. The first kappa shape index (κ1) is 8.23. The van der Waals surface area contributed by atoms with Gasteiger partial charge in [-0.15, -0.1) is 0 Å². The number of rotatable bonds is 0. The van der Waals surface area contributed by atoms with Gasteiger partial charge in [0.15, 0.2) is 5.65 Å². The van der Waals surface area contributed by atoms with Crippen LogP contribution in [0.1, 0.15) is 17.0 Å². The Hall–Kier alpha value is -1.38. The highest BCUT2D eigenvalue weighted by Gasteiger charge is 2.08. The lowest BCUT2D eigenvalue weighted by molar-refractivity contribution is 0.772. The highest BCUT2D eigenvalue weighted by molar-refractivity contribution is 5.81. The molecular weight excluding hydrogens is 162 g/mol. The molecule has 0 spiro atoms. The molecule has 68 valence electrons. The van der Waals surface area contributed by atoms with Crippen molar-refractivity contribution in [2.75, 3.05) is 0 Å². The van der Waals surface area contributed by atoms with Crippen LogP contribution in [0.25, 0.3) is 11.0 Å². The number of fused-ring (bicyclic) bond motifs is 1. The van der Waals surface area contributed by atoms with Crippen LogP contribution in [-0.2, 0) is 7.05 Å². The topological polar surface area (TPSA) is 30.7 Å². The number of nitrogens with zero attached hydrogens (tertiary/aromatic N) is 3. The fourth-order valence-electron chi connectivity index (χ4n) is 1.82. The van der Waals surface area contributed by atoms with Crippen LogP contribution in [0.5, 0.6) is 0 Å². The number of pyridine rings is 1. The molecule has 0 aliphatic heterocycles. The first-order valence-electron chi connectivity index (χ1n) is 4.37. The van der Waals surface area contributed by atoms with Crippen molar-refractivity contribution >= 4 is 11.0 Å². The summed E-state index contributed by atoms with van der Waals surface area (Å²) in [7, 11) is 1.93. The van der Waals surface area contributed by atoms with Crippen molar-refractivity contribution in [1.29, 1.82) is 0 Å². The molecule has 0 radical (unpaired) electrons. The molecule has 0 aromatic carbocycles. The first-order chi connectivity index (χ1) is 6.09. The number of aromatic nitrogens is 3. The molecule has 0 atom stereocenters. The Morgan fingerprint density at radius 3 is 2.62 bits per heavy atom. The smallest absolute Gasteiger partial charge is 0.158 e. The van der Waals surface area contributed by atoms with E-state index < -0.39 is 0 Å². The molecule has 0 aliphatic rings. The molecule has 2 rings (SSSR count). The Balaban J connectivity index is 2.97. The molecule has 0 bridgehead atoms. The van der Waals surface area contributed by atoms with Gasteiger partial charge in [-0.2, -0.15) is 5.10 Å². The van der Waals surface area contributed by atoms with Gasteiger partial charge in [-0.25, -0.2) is 4.98 Å². The fourth-order valence-corrected chi connectivity index (χ4v) is 1.82. The van der Waals surface area contributed by atoms with Crippen LogP contribution in [0.15, 0.2) is 6.07 Å². The molecule has 0 aliphatic carbocycles. The summed E-state index contributed by atoms with van der Waals surface area (Å²) in [6, 6.07) is 2.09. The van der Waals surface area contributed by atoms with Crippen LogP contribution >= 0.6 is 0 Å². The maximum atomic E-state index is 4.46. The number of hydrogen-bond donors (Lipinski definition) is 0. The van der Waals surface area contributed by atoms with Crippen LogP contribution in [0, 0.1) is 20.8 Å². The molecule has 3 heteroatoms. The van der Waals surface area contributed by atoms with Crippen molar-refractivity contribution in [3.8, 4) is 0 Å². The van der Waals surface area contributed by atoms with E-state index in [4.69, 9.17) is 0 Å². The summed E-state index contributed by atoms with van der Waals surface area (Å²) < 4.78 is 1.84. The molecule has 0 amide bonds. The van der Waals surface area contributed by atoms with Gasteiger partial charge >= 0.3 is 0 Å². The van der Waals surface area contributed by atoms with Crippen molar-refractivity contribution in [1.82, 2.24) is 14.8 Å². The highest BCUT2D eigenvalue weighted by atomic mass is 15.3. The summed E-state index contributed by atoms with van der Waals surface area (Å²) in [5.74, 6) is 0. The van der Waals surface area contributed by atoms with Crippen LogP contribution in [0.4, 0.5) is 0 Å². The Kier molecular flexibility index (Phi) is 1.62. The molecule has 0 unspecified atom stereocenters. The third-order valence-corrected chi connectivity index (χ3v) is 2.29. The van der Waals surface area contributed by atoms with Gasteiger partial charge in [0.25, 0.3) is 0 Å². The van der Waals surface area contributed by atoms with Crippen molar-refractivity contribution in [3.05, 3.63) is 23.0 Å². The van der Waals surface area contributed by atoms with Crippen molar-refractivity contribution in [2.24, 2.45) is 7.05 Å². The van der Waals surface area contributed by atoms with Crippen molar-refractivity contribution in [2.45, 2.75) is 20.8 Å². The zero-order valence-electron chi connectivity index (χ0n) is 8.42. The van der Waals surface area contributed by atoms with Crippen LogP contribution in [0.2, 0.25) is 0 Å². The van der Waals surface area contributed by atoms with Crippen molar-refractivity contribution in [3.63, 3.8) is 0 Å². The lowest BCUT2D eigenvalue weighted by Gasteiger charge is -1.99. The Labute approximate surface area is 77.4 Å². The second kappa shape index (κ2) is 2.55. The summed E-state index contributed by atoms with van der Waals surface area (Å²) >= 11 is 0. The summed E-state index contributed by atoms with van der Waals surface area (Å²) in [6.45, 7) is 6.13. The lowest BCUT2D eigenvalue weighted by atomic mass is 10.1. The molecular formula is C10H13N3. The maximum absolute atomic E-state index is 4.46. The quantitative estimate of drug-likeness (QED) is 0.612. The van der Waals surface area contributed by atoms with E-state index in [1.54, 1.807) is 0 Å². The van der Waals surface area contributed by atoms with Gasteiger partial charge in [0.1, 0.15) is 0 Å². The monoisotopic (exact) mass is 175 g/mol. The molecule has 3 nitrogen and oxygen atoms in total. The van der Waals surface area contributed by atoms with E-state index in [1.165, 1.54) is 10.9 Å². The van der Waals surface area contributed by atoms with Gasteiger partial charge < -0.3 is 0 Å². The van der Waals surface area contributed by atoms with Gasteiger partial charge in [0.05, 0.1) is 5.69 Å². The van der Waals surface area contributed by atoms with Gasteiger partial charge in [0.2, 0.25) is 0 Å². The van der Waals surface area contributed by atoms with Crippen LogP contribution < -0.4 is 0 Å². The Morgan fingerprint density at radius 1 is 1.23 bits per heavy atom. The van der Waals surface area contributed by atoms with Gasteiger partial charge in [-0.1, -0.05) is 0 Å². The van der Waals surface area contributed by atoms with E-state index in [9.17, 15) is 0 Å². The second-order valence-corrected chi connectivity index (χ2v) is 3.49. The molecule has 13 heavy (non-hydrogen) atoms. The summed E-state index contributed by atoms with van der Waals surface area (Å²) in [5.41, 5.74) is 4.35. The standard InChI is InChI=1S/C10H13N3/c1-6-5-7(2)11-10-9(6)8(3)12-13(10)4/h5H,1-4H3. The second-order valence-electron chi connectivity index (χ2n) is 3.49. The average molecular weight is 175 g/mol. The number of aryl methyl sites for hydroxylation is 4. The molecule has 2 aromatic rings. The summed E-state index contributed by atoms with van der Waals surface area (Å²) in [6.07, 6.45) is 0. The Bertz CT molecular complexity index is 468. The zero-order valence-corrected chi connectivity index (χ0v) is 8.42. The van der Waals surface area contributed by atoms with Gasteiger partial charge in [-0.3, -0.25) is 4.68 Å². The minimum absolute atomic E-state index is 0.981. The highest BCUT2D eigenvalue weighted by Crippen LogP contribution is 2.20. The molecule has 0 saturated heterocycles. The molecule has 2 heterocycles. The van der Waals surface area contributed by atoms with E-state index >= 15 is 0 Å². The third-order valence-electron chi connectivity index (χ3n) is 2.29. The van der Waals surface area contributed by atoms with E-state index in [1.807, 2.05) is 25.6 Å². The SMILES string of the molecule is Cc1cc(C)c2c(C)nn(C)c2n1. The minimum atomic E-state index is 0.981. The van der Waals surface area contributed by atoms with Gasteiger partial charge in [0, 0.05) is 18.1 Å². The largest absolute Gasteiger partial charge is 0.250 e. The minimum Gasteiger partial charge on any atom is -0.250 e. The third kappa shape index (κ3) is 1.11. The van der Waals surface area contributed by atoms with E-state index in [2.05, 4.69) is 23.1 Å². The van der Waals surface area contributed by atoms with Crippen molar-refractivity contribution < 1.29 is 0 Å². The molecule has 0 N–H and O–H groups in total. The predicted molar refractivity (Wildman–Crippen MR) is 52.7 cm³/mol. The first-order valence-corrected chi connectivity index (χ1v) is 4.37. The van der Waals surface area contributed by atoms with Crippen LogP contribution in [0.3, 0.4) is 0 Å². The normalized spacial score (nSPS) is 11.1. The van der Waals surface area contributed by atoms with Gasteiger partial charge in [-0.05, 0) is 32.4 Å². The molecule has 0 saturated carbocycles. The average Bonchev–Trinajstić information content (AvgIpc) is 2.27. The maximum Gasteiger partial charge on any atom is 0.158 e. The zero-order chi connectivity index (χ0) is 9.59. The summed E-state index contributed by atoms with van der Waals surface area (Å²) in [5, 5.41) is 5.53. The van der Waals surface area contributed by atoms with E-state index in [0.717, 1.165) is 17.0 Å². The number of hydrogen-bond acceptors (Lipinski definition) is 2. The summed E-state index contributed by atoms with van der Waals surface area (Å²) in [4.78, 5) is 4.46. The molecule has 2 aromatic heterocycles. The Morgan fingerprint density at radius 2 is 1.92 bits per heavy atom.